The van der Waals surface area contributed by atoms with E-state index in [4.69, 9.17) is 5.73 Å². The normalized spacial score (nSPS) is 18.4. The maximum atomic E-state index is 9.33. The predicted octanol–water partition coefficient (Wildman–Crippen LogP) is 2.39. The highest BCUT2D eigenvalue weighted by Gasteiger charge is 2.32. The van der Waals surface area contributed by atoms with E-state index < -0.39 is 0 Å². The molecule has 0 aliphatic heterocycles. The van der Waals surface area contributed by atoms with Gasteiger partial charge >= 0.3 is 0 Å². The summed E-state index contributed by atoms with van der Waals surface area (Å²) < 4.78 is 0. The summed E-state index contributed by atoms with van der Waals surface area (Å²) in [4.78, 5) is 2.37. The van der Waals surface area contributed by atoms with Crippen LogP contribution >= 0.6 is 0 Å². The molecule has 1 aliphatic carbocycles. The van der Waals surface area contributed by atoms with E-state index in [1.54, 1.807) is 0 Å². The zero-order chi connectivity index (χ0) is 14.3. The standard InChI is InChI=1S/C17H28N2O/c18-14-17(9-5-2-6-10-17)15-19(11-12-20)13-16-7-3-1-4-8-16/h1,3-4,7-8,20H,2,5-6,9-15,18H2. The molecule has 2 rings (SSSR count). The third kappa shape index (κ3) is 4.30. The smallest absolute Gasteiger partial charge is 0.0558 e. The highest BCUT2D eigenvalue weighted by Crippen LogP contribution is 2.36. The molecule has 1 aromatic rings. The van der Waals surface area contributed by atoms with Gasteiger partial charge in [-0.25, -0.2) is 0 Å². The second kappa shape index (κ2) is 7.77. The first kappa shape index (κ1) is 15.5. The van der Waals surface area contributed by atoms with Crippen molar-refractivity contribution in [2.24, 2.45) is 11.1 Å². The lowest BCUT2D eigenvalue weighted by atomic mass is 9.73. The van der Waals surface area contributed by atoms with Crippen LogP contribution in [-0.4, -0.2) is 36.2 Å². The number of hydrogen-bond donors (Lipinski definition) is 2. The number of aliphatic hydroxyl groups is 1. The van der Waals surface area contributed by atoms with E-state index in [0.29, 0.717) is 0 Å². The third-order valence-electron chi connectivity index (χ3n) is 4.57. The van der Waals surface area contributed by atoms with Crippen LogP contribution in [0.15, 0.2) is 30.3 Å². The Balaban J connectivity index is 2.00. The van der Waals surface area contributed by atoms with E-state index in [1.165, 1.54) is 37.7 Å². The van der Waals surface area contributed by atoms with Gasteiger partial charge in [-0.15, -0.1) is 0 Å². The van der Waals surface area contributed by atoms with Crippen molar-refractivity contribution in [1.82, 2.24) is 4.90 Å². The Labute approximate surface area is 122 Å². The minimum atomic E-state index is 0.216. The number of hydrogen-bond acceptors (Lipinski definition) is 3. The number of aliphatic hydroxyl groups excluding tert-OH is 1. The predicted molar refractivity (Wildman–Crippen MR) is 83.4 cm³/mol. The lowest BCUT2D eigenvalue weighted by molar-refractivity contribution is 0.0913. The molecule has 0 amide bonds. The lowest BCUT2D eigenvalue weighted by Crippen LogP contribution is -2.44. The number of rotatable bonds is 7. The number of nitrogens with zero attached hydrogens (tertiary/aromatic N) is 1. The minimum absolute atomic E-state index is 0.216. The lowest BCUT2D eigenvalue weighted by Gasteiger charge is -2.40. The molecule has 0 radical (unpaired) electrons. The first-order chi connectivity index (χ1) is 9.78. The molecular formula is C17H28N2O. The summed E-state index contributed by atoms with van der Waals surface area (Å²) >= 11 is 0. The minimum Gasteiger partial charge on any atom is -0.395 e. The van der Waals surface area contributed by atoms with Gasteiger partial charge in [-0.1, -0.05) is 49.6 Å². The SMILES string of the molecule is NCC1(CN(CCO)Cc2ccccc2)CCCCC1. The third-order valence-corrected chi connectivity index (χ3v) is 4.57. The van der Waals surface area contributed by atoms with Crippen molar-refractivity contribution in [2.75, 3.05) is 26.2 Å². The van der Waals surface area contributed by atoms with Crippen LogP contribution in [0.2, 0.25) is 0 Å². The summed E-state index contributed by atoms with van der Waals surface area (Å²) in [5, 5.41) is 9.33. The molecule has 0 aromatic heterocycles. The Kier molecular flexibility index (Phi) is 6.02. The van der Waals surface area contributed by atoms with Crippen LogP contribution in [0.1, 0.15) is 37.7 Å². The fourth-order valence-corrected chi connectivity index (χ4v) is 3.40. The second-order valence-electron chi connectivity index (χ2n) is 6.18. The highest BCUT2D eigenvalue weighted by atomic mass is 16.3. The summed E-state index contributed by atoms with van der Waals surface area (Å²) in [6.07, 6.45) is 6.42. The molecule has 3 nitrogen and oxygen atoms in total. The number of benzene rings is 1. The van der Waals surface area contributed by atoms with Gasteiger partial charge in [0.2, 0.25) is 0 Å². The first-order valence-corrected chi connectivity index (χ1v) is 7.85. The fourth-order valence-electron chi connectivity index (χ4n) is 3.40. The summed E-state index contributed by atoms with van der Waals surface area (Å²) in [7, 11) is 0. The summed E-state index contributed by atoms with van der Waals surface area (Å²) in [6.45, 7) is 3.63. The molecule has 0 saturated heterocycles. The Hall–Kier alpha value is -0.900. The van der Waals surface area contributed by atoms with Crippen molar-refractivity contribution in [3.8, 4) is 0 Å². The molecule has 112 valence electrons. The molecule has 3 heteroatoms. The molecule has 1 aromatic carbocycles. The molecule has 20 heavy (non-hydrogen) atoms. The van der Waals surface area contributed by atoms with Crippen molar-refractivity contribution in [3.63, 3.8) is 0 Å². The van der Waals surface area contributed by atoms with Crippen LogP contribution in [0.5, 0.6) is 0 Å². The Morgan fingerprint density at radius 1 is 1.10 bits per heavy atom. The summed E-state index contributed by atoms with van der Waals surface area (Å²) in [6, 6.07) is 10.5. The van der Waals surface area contributed by atoms with Gasteiger partial charge in [-0.2, -0.15) is 0 Å². The molecule has 0 bridgehead atoms. The van der Waals surface area contributed by atoms with Crippen molar-refractivity contribution in [1.29, 1.82) is 0 Å². The second-order valence-corrected chi connectivity index (χ2v) is 6.18. The molecule has 0 atom stereocenters. The Bertz CT molecular complexity index is 374. The van der Waals surface area contributed by atoms with E-state index >= 15 is 0 Å². The Morgan fingerprint density at radius 2 is 1.80 bits per heavy atom. The van der Waals surface area contributed by atoms with E-state index in [0.717, 1.165) is 26.2 Å². The van der Waals surface area contributed by atoms with E-state index in [9.17, 15) is 5.11 Å². The molecule has 1 saturated carbocycles. The topological polar surface area (TPSA) is 49.5 Å². The van der Waals surface area contributed by atoms with E-state index in [1.807, 2.05) is 6.07 Å². The molecule has 0 unspecified atom stereocenters. The zero-order valence-corrected chi connectivity index (χ0v) is 12.4. The van der Waals surface area contributed by atoms with Gasteiger partial charge in [-0.05, 0) is 30.4 Å². The molecule has 3 N–H and O–H groups in total. The first-order valence-electron chi connectivity index (χ1n) is 7.85. The summed E-state index contributed by atoms with van der Waals surface area (Å²) in [5.41, 5.74) is 7.66. The summed E-state index contributed by atoms with van der Waals surface area (Å²) in [5.74, 6) is 0. The Morgan fingerprint density at radius 3 is 2.40 bits per heavy atom. The van der Waals surface area contributed by atoms with Gasteiger partial charge < -0.3 is 10.8 Å². The van der Waals surface area contributed by atoms with Gasteiger partial charge in [0.05, 0.1) is 6.61 Å². The van der Waals surface area contributed by atoms with Crippen LogP contribution in [-0.2, 0) is 6.54 Å². The van der Waals surface area contributed by atoms with E-state index in [-0.39, 0.29) is 12.0 Å². The molecular weight excluding hydrogens is 248 g/mol. The highest BCUT2D eigenvalue weighted by molar-refractivity contribution is 5.14. The maximum Gasteiger partial charge on any atom is 0.0558 e. The largest absolute Gasteiger partial charge is 0.395 e. The maximum absolute atomic E-state index is 9.33. The van der Waals surface area contributed by atoms with Gasteiger partial charge in [0.1, 0.15) is 0 Å². The van der Waals surface area contributed by atoms with Crippen LogP contribution in [0, 0.1) is 5.41 Å². The van der Waals surface area contributed by atoms with Crippen LogP contribution in [0.4, 0.5) is 0 Å². The van der Waals surface area contributed by atoms with Crippen LogP contribution in [0.3, 0.4) is 0 Å². The average molecular weight is 276 g/mol. The molecule has 1 fully saturated rings. The molecule has 1 aliphatic rings. The van der Waals surface area contributed by atoms with Crippen molar-refractivity contribution in [3.05, 3.63) is 35.9 Å². The van der Waals surface area contributed by atoms with E-state index in [2.05, 4.69) is 29.2 Å². The van der Waals surface area contributed by atoms with Gasteiger partial charge in [0.15, 0.2) is 0 Å². The molecule has 0 spiro atoms. The van der Waals surface area contributed by atoms with Crippen LogP contribution < -0.4 is 5.73 Å². The van der Waals surface area contributed by atoms with Crippen LogP contribution in [0.25, 0.3) is 0 Å². The van der Waals surface area contributed by atoms with Gasteiger partial charge in [0.25, 0.3) is 0 Å². The number of nitrogens with two attached hydrogens (primary N) is 1. The van der Waals surface area contributed by atoms with Crippen molar-refractivity contribution in [2.45, 2.75) is 38.6 Å². The zero-order valence-electron chi connectivity index (χ0n) is 12.4. The van der Waals surface area contributed by atoms with Gasteiger partial charge in [-0.3, -0.25) is 4.90 Å². The van der Waals surface area contributed by atoms with Gasteiger partial charge in [0, 0.05) is 19.6 Å². The monoisotopic (exact) mass is 276 g/mol. The average Bonchev–Trinajstić information content (AvgIpc) is 2.49. The molecule has 0 heterocycles. The fraction of sp³-hybridized carbons (Fsp3) is 0.647. The van der Waals surface area contributed by atoms with Crippen molar-refractivity contribution < 1.29 is 5.11 Å². The van der Waals surface area contributed by atoms with Crippen molar-refractivity contribution >= 4 is 0 Å². The quantitative estimate of drug-likeness (QED) is 0.804.